The quantitative estimate of drug-likeness (QED) is 0.159. The summed E-state index contributed by atoms with van der Waals surface area (Å²) in [6.45, 7) is 0. The lowest BCUT2D eigenvalue weighted by atomic mass is 9.67. The van der Waals surface area contributed by atoms with E-state index in [2.05, 4.69) is 254 Å². The van der Waals surface area contributed by atoms with E-state index in [9.17, 15) is 0 Å². The Morgan fingerprint density at radius 1 is 0.297 bits per heavy atom. The van der Waals surface area contributed by atoms with E-state index in [0.717, 1.165) is 39.0 Å². The fourth-order valence-corrected chi connectivity index (χ4v) is 11.5. The molecule has 0 unspecified atom stereocenters. The monoisotopic (exact) mass is 815 g/mol. The number of rotatable bonds is 7. The second kappa shape index (κ2) is 14.2. The van der Waals surface area contributed by atoms with Gasteiger partial charge in [-0.05, 0) is 109 Å². The minimum Gasteiger partial charge on any atom is -0.456 e. The van der Waals surface area contributed by atoms with Crippen molar-refractivity contribution in [2.45, 2.75) is 10.8 Å². The molecule has 10 aromatic carbocycles. The minimum absolute atomic E-state index is 0.555. The topological polar surface area (TPSA) is 16.4 Å². The maximum Gasteiger partial charge on any atom is 0.137 e. The maximum atomic E-state index is 6.61. The summed E-state index contributed by atoms with van der Waals surface area (Å²) in [5.74, 6) is 0. The highest BCUT2D eigenvalue weighted by Gasteiger charge is 2.48. The van der Waals surface area contributed by atoms with Crippen LogP contribution in [0.4, 0.5) is 17.1 Å². The van der Waals surface area contributed by atoms with Crippen LogP contribution in [-0.4, -0.2) is 0 Å². The fourth-order valence-electron chi connectivity index (χ4n) is 11.5. The highest BCUT2D eigenvalue weighted by atomic mass is 16.3. The van der Waals surface area contributed by atoms with Crippen LogP contribution in [0.25, 0.3) is 44.2 Å². The molecule has 64 heavy (non-hydrogen) atoms. The summed E-state index contributed by atoms with van der Waals surface area (Å²) in [5.41, 5.74) is 18.9. The molecule has 0 N–H and O–H groups in total. The van der Waals surface area contributed by atoms with E-state index in [1.54, 1.807) is 0 Å². The molecule has 2 aliphatic carbocycles. The van der Waals surface area contributed by atoms with Gasteiger partial charge in [0.05, 0.1) is 21.9 Å². The number of anilines is 3. The minimum atomic E-state index is -0.556. The summed E-state index contributed by atoms with van der Waals surface area (Å²) >= 11 is 0. The van der Waals surface area contributed by atoms with Crippen LogP contribution < -0.4 is 4.90 Å². The average molecular weight is 816 g/mol. The van der Waals surface area contributed by atoms with Crippen LogP contribution >= 0.6 is 0 Å². The standard InChI is InChI=1S/C62H41NO/c1-4-20-42(21-5-1)61(43-22-6-2-7-23-43)53-32-14-12-30-50(53)51-39-38-47(41-56(51)61)63(57-35-19-37-59-60(57)52-31-13-17-36-58(52)64-59)46-27-18-26-45(40-46)62(44-24-8-3-9-25-44)54-33-15-10-28-48(54)49-29-11-16-34-55(49)62/h1-41H. The van der Waals surface area contributed by atoms with Crippen LogP contribution in [0.3, 0.4) is 0 Å². The van der Waals surface area contributed by atoms with Crippen molar-refractivity contribution in [1.82, 2.24) is 0 Å². The van der Waals surface area contributed by atoms with Gasteiger partial charge in [0.25, 0.3) is 0 Å². The molecule has 300 valence electrons. The predicted octanol–water partition coefficient (Wildman–Crippen LogP) is 15.8. The molecule has 0 atom stereocenters. The summed E-state index contributed by atoms with van der Waals surface area (Å²) in [5, 5.41) is 2.17. The van der Waals surface area contributed by atoms with Crippen LogP contribution in [0.2, 0.25) is 0 Å². The first-order valence-electron chi connectivity index (χ1n) is 22.2. The Kier molecular flexibility index (Phi) is 8.07. The van der Waals surface area contributed by atoms with Crippen molar-refractivity contribution in [3.8, 4) is 22.3 Å². The normalized spacial score (nSPS) is 13.9. The van der Waals surface area contributed by atoms with Gasteiger partial charge in [0, 0.05) is 16.8 Å². The molecule has 0 bridgehead atoms. The van der Waals surface area contributed by atoms with Gasteiger partial charge in [-0.2, -0.15) is 0 Å². The van der Waals surface area contributed by atoms with Gasteiger partial charge in [0.15, 0.2) is 0 Å². The number of hydrogen-bond donors (Lipinski definition) is 0. The van der Waals surface area contributed by atoms with E-state index < -0.39 is 10.8 Å². The van der Waals surface area contributed by atoms with Crippen LogP contribution in [-0.2, 0) is 10.8 Å². The Morgan fingerprint density at radius 3 is 1.33 bits per heavy atom. The lowest BCUT2D eigenvalue weighted by Crippen LogP contribution is -2.29. The van der Waals surface area contributed by atoms with Gasteiger partial charge < -0.3 is 9.32 Å². The van der Waals surface area contributed by atoms with Crippen LogP contribution in [0.5, 0.6) is 0 Å². The summed E-state index contributed by atoms with van der Waals surface area (Å²) < 4.78 is 6.61. The third-order valence-electron chi connectivity index (χ3n) is 14.0. The maximum absolute atomic E-state index is 6.61. The van der Waals surface area contributed by atoms with Gasteiger partial charge in [-0.3, -0.25) is 0 Å². The van der Waals surface area contributed by atoms with Gasteiger partial charge in [0.2, 0.25) is 0 Å². The van der Waals surface area contributed by atoms with Gasteiger partial charge >= 0.3 is 0 Å². The molecule has 2 aliphatic rings. The molecule has 1 heterocycles. The Labute approximate surface area is 373 Å². The van der Waals surface area contributed by atoms with Crippen LogP contribution in [0.15, 0.2) is 253 Å². The third-order valence-corrected chi connectivity index (χ3v) is 14.0. The van der Waals surface area contributed by atoms with Crippen molar-refractivity contribution < 1.29 is 4.42 Å². The Balaban J connectivity index is 1.12. The summed E-state index contributed by atoms with van der Waals surface area (Å²) in [7, 11) is 0. The molecule has 0 spiro atoms. The molecule has 0 fully saturated rings. The third kappa shape index (κ3) is 5.02. The van der Waals surface area contributed by atoms with E-state index in [1.165, 1.54) is 66.8 Å². The lowest BCUT2D eigenvalue weighted by Gasteiger charge is -2.36. The van der Waals surface area contributed by atoms with E-state index in [0.29, 0.717) is 0 Å². The SMILES string of the molecule is c1ccc(C2(c3cccc(N(c4ccc5c(c4)C(c4ccccc4)(c4ccccc4)c4ccccc4-5)c4cccc5oc6ccccc6c45)c3)c3ccccc3-c3ccccc32)cc1. The summed E-state index contributed by atoms with van der Waals surface area (Å²) in [6.07, 6.45) is 0. The second-order valence-electron chi connectivity index (χ2n) is 17.1. The van der Waals surface area contributed by atoms with E-state index in [4.69, 9.17) is 4.42 Å². The number of fused-ring (bicyclic) bond motifs is 9. The molecule has 2 heteroatoms. The molecule has 0 radical (unpaired) electrons. The summed E-state index contributed by atoms with van der Waals surface area (Å²) in [4.78, 5) is 2.48. The fraction of sp³-hybridized carbons (Fsp3) is 0.0323. The molecule has 0 amide bonds. The van der Waals surface area contributed by atoms with Crippen molar-refractivity contribution >= 4 is 39.0 Å². The van der Waals surface area contributed by atoms with Crippen LogP contribution in [0, 0.1) is 0 Å². The molecule has 0 saturated carbocycles. The van der Waals surface area contributed by atoms with Crippen molar-refractivity contribution in [3.63, 3.8) is 0 Å². The van der Waals surface area contributed by atoms with Crippen LogP contribution in [0.1, 0.15) is 44.5 Å². The highest BCUT2D eigenvalue weighted by Crippen LogP contribution is 2.59. The number of hydrogen-bond acceptors (Lipinski definition) is 2. The van der Waals surface area contributed by atoms with E-state index >= 15 is 0 Å². The number of para-hydroxylation sites is 1. The lowest BCUT2D eigenvalue weighted by molar-refractivity contribution is 0.669. The van der Waals surface area contributed by atoms with Crippen molar-refractivity contribution in [2.24, 2.45) is 0 Å². The summed E-state index contributed by atoms with van der Waals surface area (Å²) in [6, 6.07) is 91.5. The first kappa shape index (κ1) is 36.5. The van der Waals surface area contributed by atoms with Crippen molar-refractivity contribution in [1.29, 1.82) is 0 Å². The number of nitrogens with zero attached hydrogens (tertiary/aromatic N) is 1. The van der Waals surface area contributed by atoms with Gasteiger partial charge in [0.1, 0.15) is 11.2 Å². The molecular formula is C62H41NO. The predicted molar refractivity (Wildman–Crippen MR) is 263 cm³/mol. The zero-order valence-corrected chi connectivity index (χ0v) is 35.0. The largest absolute Gasteiger partial charge is 0.456 e. The van der Waals surface area contributed by atoms with Gasteiger partial charge in [-0.25, -0.2) is 0 Å². The zero-order chi connectivity index (χ0) is 42.2. The highest BCUT2D eigenvalue weighted by molar-refractivity contribution is 6.13. The van der Waals surface area contributed by atoms with Gasteiger partial charge in [-0.1, -0.05) is 206 Å². The second-order valence-corrected chi connectivity index (χ2v) is 17.1. The Morgan fingerprint density at radius 2 is 0.734 bits per heavy atom. The van der Waals surface area contributed by atoms with Crippen molar-refractivity contribution in [2.75, 3.05) is 4.90 Å². The molecule has 1 aromatic heterocycles. The first-order valence-corrected chi connectivity index (χ1v) is 22.2. The molecule has 13 rings (SSSR count). The first-order chi connectivity index (χ1) is 31.8. The molecule has 0 saturated heterocycles. The Bertz CT molecular complexity index is 3480. The van der Waals surface area contributed by atoms with E-state index in [-0.39, 0.29) is 0 Å². The Hall–Kier alpha value is -8.20. The molecular weight excluding hydrogens is 775 g/mol. The molecule has 11 aromatic rings. The molecule has 2 nitrogen and oxygen atoms in total. The zero-order valence-electron chi connectivity index (χ0n) is 35.0. The van der Waals surface area contributed by atoms with Gasteiger partial charge in [-0.15, -0.1) is 0 Å². The number of furan rings is 1. The van der Waals surface area contributed by atoms with Crippen molar-refractivity contribution in [3.05, 3.63) is 293 Å². The smallest absolute Gasteiger partial charge is 0.137 e. The molecule has 0 aliphatic heterocycles. The van der Waals surface area contributed by atoms with E-state index in [1.807, 2.05) is 0 Å². The average Bonchev–Trinajstić information content (AvgIpc) is 4.00. The number of benzene rings is 10.